The number of nitrogens with one attached hydrogen (secondary N) is 1. The Labute approximate surface area is 186 Å². The highest BCUT2D eigenvalue weighted by Gasteiger charge is 2.26. The number of benzene rings is 3. The Morgan fingerprint density at radius 1 is 0.970 bits per heavy atom. The molecule has 6 rings (SSSR count). The number of fused-ring (bicyclic) bond motifs is 3. The Bertz CT molecular complexity index is 1580. The molecule has 1 amide bonds. The number of hydrogen-bond donors (Lipinski definition) is 2. The Kier molecular flexibility index (Phi) is 4.16. The number of nitrogen functional groups attached to an aromatic ring is 1. The molecule has 3 aromatic carbocycles. The quantitative estimate of drug-likeness (QED) is 0.433. The van der Waals surface area contributed by atoms with Crippen molar-refractivity contribution >= 4 is 39.6 Å². The molecule has 0 saturated carbocycles. The van der Waals surface area contributed by atoms with Gasteiger partial charge in [-0.1, -0.05) is 18.2 Å². The first-order valence-corrected chi connectivity index (χ1v) is 10.1. The molecule has 9 heteroatoms. The number of aromatic nitrogens is 3. The van der Waals surface area contributed by atoms with E-state index in [-0.39, 0.29) is 18.2 Å². The Morgan fingerprint density at radius 2 is 1.76 bits per heavy atom. The maximum Gasteiger partial charge on any atom is 0.261 e. The van der Waals surface area contributed by atoms with E-state index in [0.29, 0.717) is 45.1 Å². The molecule has 162 valence electrons. The maximum atomic E-state index is 13.6. The van der Waals surface area contributed by atoms with Crippen molar-refractivity contribution in [2.75, 3.05) is 17.8 Å². The number of amides is 1. The molecule has 0 spiro atoms. The van der Waals surface area contributed by atoms with Crippen LogP contribution in [-0.2, 0) is 0 Å². The molecular formula is C24H16FN5O3. The Morgan fingerprint density at radius 3 is 2.58 bits per heavy atom. The van der Waals surface area contributed by atoms with Crippen LogP contribution in [0.25, 0.3) is 27.9 Å². The average molecular weight is 441 g/mol. The van der Waals surface area contributed by atoms with E-state index >= 15 is 0 Å². The number of carbonyl (C=O) groups excluding carboxylic acids is 1. The van der Waals surface area contributed by atoms with Gasteiger partial charge in [0.25, 0.3) is 5.91 Å². The van der Waals surface area contributed by atoms with Crippen LogP contribution in [-0.4, -0.2) is 27.2 Å². The number of halogens is 1. The fraction of sp³-hybridized carbons (Fsp3) is 0.0417. The van der Waals surface area contributed by atoms with E-state index in [1.54, 1.807) is 28.8 Å². The van der Waals surface area contributed by atoms with Crippen LogP contribution in [0.1, 0.15) is 10.4 Å². The summed E-state index contributed by atoms with van der Waals surface area (Å²) in [4.78, 5) is 22.7. The van der Waals surface area contributed by atoms with Crippen molar-refractivity contribution in [3.63, 3.8) is 0 Å². The summed E-state index contributed by atoms with van der Waals surface area (Å²) in [5, 5.41) is 2.70. The highest BCUT2D eigenvalue weighted by atomic mass is 19.1. The number of nitrogens with two attached hydrogens (primary N) is 1. The molecule has 0 radical (unpaired) electrons. The second-order valence-electron chi connectivity index (χ2n) is 7.48. The van der Waals surface area contributed by atoms with E-state index in [9.17, 15) is 9.18 Å². The molecule has 0 unspecified atom stereocenters. The van der Waals surface area contributed by atoms with Crippen molar-refractivity contribution in [2.45, 2.75) is 0 Å². The topological polar surface area (TPSA) is 104 Å². The van der Waals surface area contributed by atoms with Crippen LogP contribution in [0, 0.1) is 5.82 Å². The first-order chi connectivity index (χ1) is 16.1. The second kappa shape index (κ2) is 7.20. The SMILES string of the molecule is Nc1c(C(=O)Nc2cccc(F)c2)c2nc3ccccc3nc2n1-c1ccc2c(c1)OCO2. The molecule has 2 aromatic heterocycles. The number of anilines is 2. The molecule has 0 fully saturated rings. The number of nitrogens with zero attached hydrogens (tertiary/aromatic N) is 3. The van der Waals surface area contributed by atoms with Gasteiger partial charge in [-0.25, -0.2) is 14.4 Å². The molecule has 8 nitrogen and oxygen atoms in total. The van der Waals surface area contributed by atoms with Gasteiger partial charge in [0.15, 0.2) is 17.1 Å². The van der Waals surface area contributed by atoms with Gasteiger partial charge in [0, 0.05) is 11.8 Å². The molecule has 3 heterocycles. The van der Waals surface area contributed by atoms with Gasteiger partial charge in [-0.05, 0) is 42.5 Å². The van der Waals surface area contributed by atoms with Gasteiger partial charge in [-0.3, -0.25) is 9.36 Å². The van der Waals surface area contributed by atoms with Crippen molar-refractivity contribution in [2.24, 2.45) is 0 Å². The van der Waals surface area contributed by atoms with Crippen LogP contribution in [0.2, 0.25) is 0 Å². The minimum absolute atomic E-state index is 0.131. The molecule has 5 aromatic rings. The third kappa shape index (κ3) is 3.09. The largest absolute Gasteiger partial charge is 0.454 e. The summed E-state index contributed by atoms with van der Waals surface area (Å²) >= 11 is 0. The van der Waals surface area contributed by atoms with Gasteiger partial charge >= 0.3 is 0 Å². The fourth-order valence-electron chi connectivity index (χ4n) is 3.93. The highest BCUT2D eigenvalue weighted by molar-refractivity contribution is 6.16. The van der Waals surface area contributed by atoms with Gasteiger partial charge in [-0.15, -0.1) is 0 Å². The lowest BCUT2D eigenvalue weighted by Crippen LogP contribution is -2.14. The lowest BCUT2D eigenvalue weighted by atomic mass is 10.2. The number of hydrogen-bond acceptors (Lipinski definition) is 6. The van der Waals surface area contributed by atoms with Crippen LogP contribution in [0.15, 0.2) is 66.7 Å². The fourth-order valence-corrected chi connectivity index (χ4v) is 3.93. The standard InChI is InChI=1S/C24H16FN5O3/c25-13-4-3-5-14(10-13)27-24(31)20-21-23(29-17-7-2-1-6-16(17)28-21)30(22(20)26)15-8-9-18-19(11-15)33-12-32-18/h1-11H,12,26H2,(H,27,31). The Balaban J connectivity index is 1.58. The summed E-state index contributed by atoms with van der Waals surface area (Å²) in [5.41, 5.74) is 9.61. The lowest BCUT2D eigenvalue weighted by molar-refractivity contribution is 0.102. The van der Waals surface area contributed by atoms with Crippen LogP contribution >= 0.6 is 0 Å². The molecule has 0 bridgehead atoms. The van der Waals surface area contributed by atoms with Gasteiger partial charge in [0.1, 0.15) is 22.7 Å². The van der Waals surface area contributed by atoms with Crippen molar-refractivity contribution in [3.05, 3.63) is 78.1 Å². The summed E-state index contributed by atoms with van der Waals surface area (Å²) in [6.45, 7) is 0.131. The predicted octanol–water partition coefficient (Wildman–Crippen LogP) is 4.28. The van der Waals surface area contributed by atoms with Gasteiger partial charge in [-0.2, -0.15) is 0 Å². The number of rotatable bonds is 3. The zero-order valence-electron chi connectivity index (χ0n) is 17.1. The molecular weight excluding hydrogens is 425 g/mol. The summed E-state index contributed by atoms with van der Waals surface area (Å²) in [6, 6.07) is 18.3. The third-order valence-electron chi connectivity index (χ3n) is 5.42. The maximum absolute atomic E-state index is 13.6. The summed E-state index contributed by atoms with van der Waals surface area (Å²) in [7, 11) is 0. The monoisotopic (exact) mass is 441 g/mol. The van der Waals surface area contributed by atoms with E-state index in [1.165, 1.54) is 18.2 Å². The van der Waals surface area contributed by atoms with Gasteiger partial charge in [0.2, 0.25) is 6.79 Å². The number of ether oxygens (including phenoxy) is 2. The van der Waals surface area contributed by atoms with Crippen LogP contribution in [0.5, 0.6) is 11.5 Å². The number of para-hydroxylation sites is 2. The van der Waals surface area contributed by atoms with Crippen molar-refractivity contribution in [1.29, 1.82) is 0 Å². The molecule has 33 heavy (non-hydrogen) atoms. The third-order valence-corrected chi connectivity index (χ3v) is 5.42. The smallest absolute Gasteiger partial charge is 0.261 e. The van der Waals surface area contributed by atoms with Crippen molar-refractivity contribution in [3.8, 4) is 17.2 Å². The molecule has 0 atom stereocenters. The van der Waals surface area contributed by atoms with Gasteiger partial charge in [0.05, 0.1) is 16.7 Å². The molecule has 0 saturated heterocycles. The van der Waals surface area contributed by atoms with E-state index in [1.807, 2.05) is 24.3 Å². The first-order valence-electron chi connectivity index (χ1n) is 10.1. The Hall–Kier alpha value is -4.66. The molecule has 3 N–H and O–H groups in total. The lowest BCUT2D eigenvalue weighted by Gasteiger charge is -2.09. The predicted molar refractivity (Wildman–Crippen MR) is 121 cm³/mol. The van der Waals surface area contributed by atoms with Crippen LogP contribution in [0.3, 0.4) is 0 Å². The highest BCUT2D eigenvalue weighted by Crippen LogP contribution is 2.37. The second-order valence-corrected chi connectivity index (χ2v) is 7.48. The normalized spacial score (nSPS) is 12.4. The van der Waals surface area contributed by atoms with Gasteiger partial charge < -0.3 is 20.5 Å². The van der Waals surface area contributed by atoms with E-state index < -0.39 is 11.7 Å². The van der Waals surface area contributed by atoms with E-state index in [0.717, 1.165) is 0 Å². The van der Waals surface area contributed by atoms with Crippen molar-refractivity contribution in [1.82, 2.24) is 14.5 Å². The zero-order valence-corrected chi connectivity index (χ0v) is 17.1. The summed E-state index contributed by atoms with van der Waals surface area (Å²) < 4.78 is 26.2. The number of carbonyl (C=O) groups is 1. The average Bonchev–Trinajstić information content (AvgIpc) is 3.38. The van der Waals surface area contributed by atoms with Crippen LogP contribution in [0.4, 0.5) is 15.9 Å². The molecule has 1 aliphatic heterocycles. The molecule has 0 aliphatic carbocycles. The minimum atomic E-state index is -0.521. The van der Waals surface area contributed by atoms with Crippen LogP contribution < -0.4 is 20.5 Å². The summed E-state index contributed by atoms with van der Waals surface area (Å²) in [6.07, 6.45) is 0. The van der Waals surface area contributed by atoms with E-state index in [4.69, 9.17) is 20.2 Å². The van der Waals surface area contributed by atoms with Crippen molar-refractivity contribution < 1.29 is 18.7 Å². The zero-order chi connectivity index (χ0) is 22.5. The molecule has 1 aliphatic rings. The first kappa shape index (κ1) is 19.1. The van der Waals surface area contributed by atoms with E-state index in [2.05, 4.69) is 10.3 Å². The minimum Gasteiger partial charge on any atom is -0.454 e. The summed E-state index contributed by atoms with van der Waals surface area (Å²) in [5.74, 6) is 0.345.